The zero-order chi connectivity index (χ0) is 14.5. The van der Waals surface area contributed by atoms with Crippen LogP contribution in [0.15, 0.2) is 30.3 Å². The Kier molecular flexibility index (Phi) is 4.74. The summed E-state index contributed by atoms with van der Waals surface area (Å²) >= 11 is 0. The third-order valence-corrected chi connectivity index (χ3v) is 3.72. The third kappa shape index (κ3) is 3.17. The van der Waals surface area contributed by atoms with Crippen LogP contribution < -0.4 is 5.73 Å². The highest BCUT2D eigenvalue weighted by Crippen LogP contribution is 2.18. The van der Waals surface area contributed by atoms with Gasteiger partial charge in [-0.25, -0.2) is 0 Å². The molecular weight excluding hydrogens is 254 g/mol. The van der Waals surface area contributed by atoms with E-state index >= 15 is 0 Å². The van der Waals surface area contributed by atoms with Crippen molar-refractivity contribution < 1.29 is 9.59 Å². The SMILES string of the molecule is CN1CCCN(C(=O)C(CN)c2ccccc2)CC1=O. The molecule has 1 heterocycles. The zero-order valence-electron chi connectivity index (χ0n) is 11.8. The monoisotopic (exact) mass is 275 g/mol. The molecule has 1 aliphatic heterocycles. The predicted octanol–water partition coefficient (Wildman–Crippen LogP) is 0.420. The van der Waals surface area contributed by atoms with Gasteiger partial charge in [0.05, 0.1) is 12.5 Å². The minimum Gasteiger partial charge on any atom is -0.344 e. The summed E-state index contributed by atoms with van der Waals surface area (Å²) in [7, 11) is 1.77. The third-order valence-electron chi connectivity index (χ3n) is 3.72. The molecule has 1 fully saturated rings. The van der Waals surface area contributed by atoms with Crippen molar-refractivity contribution in [3.8, 4) is 0 Å². The van der Waals surface area contributed by atoms with Crippen molar-refractivity contribution in [2.24, 2.45) is 5.73 Å². The number of amides is 2. The second-order valence-electron chi connectivity index (χ2n) is 5.13. The summed E-state index contributed by atoms with van der Waals surface area (Å²) < 4.78 is 0. The first-order chi connectivity index (χ1) is 9.63. The van der Waals surface area contributed by atoms with Crippen molar-refractivity contribution in [3.63, 3.8) is 0 Å². The van der Waals surface area contributed by atoms with Crippen LogP contribution in [-0.2, 0) is 9.59 Å². The molecule has 1 aromatic carbocycles. The van der Waals surface area contributed by atoms with E-state index < -0.39 is 0 Å². The van der Waals surface area contributed by atoms with Gasteiger partial charge in [-0.3, -0.25) is 9.59 Å². The molecule has 5 nitrogen and oxygen atoms in total. The van der Waals surface area contributed by atoms with Crippen LogP contribution in [0.2, 0.25) is 0 Å². The number of nitrogens with zero attached hydrogens (tertiary/aromatic N) is 2. The van der Waals surface area contributed by atoms with Gasteiger partial charge < -0.3 is 15.5 Å². The van der Waals surface area contributed by atoms with Crippen LogP contribution in [0, 0.1) is 0 Å². The highest BCUT2D eigenvalue weighted by atomic mass is 16.2. The fourth-order valence-corrected chi connectivity index (χ4v) is 2.46. The van der Waals surface area contributed by atoms with Crippen LogP contribution in [0.5, 0.6) is 0 Å². The molecule has 1 unspecified atom stereocenters. The number of carbonyl (C=O) groups excluding carboxylic acids is 2. The Labute approximate surface area is 119 Å². The minimum absolute atomic E-state index is 0.0142. The van der Waals surface area contributed by atoms with E-state index in [1.165, 1.54) is 0 Å². The van der Waals surface area contributed by atoms with Gasteiger partial charge >= 0.3 is 0 Å². The van der Waals surface area contributed by atoms with Gasteiger partial charge in [-0.15, -0.1) is 0 Å². The van der Waals surface area contributed by atoms with Crippen molar-refractivity contribution in [2.75, 3.05) is 33.2 Å². The molecule has 2 rings (SSSR count). The van der Waals surface area contributed by atoms with Crippen molar-refractivity contribution in [1.82, 2.24) is 9.80 Å². The number of nitrogens with two attached hydrogens (primary N) is 1. The van der Waals surface area contributed by atoms with E-state index in [-0.39, 0.29) is 30.8 Å². The molecule has 2 amide bonds. The first-order valence-electron chi connectivity index (χ1n) is 6.91. The predicted molar refractivity (Wildman–Crippen MR) is 77.1 cm³/mol. The number of benzene rings is 1. The second-order valence-corrected chi connectivity index (χ2v) is 5.13. The number of likely N-dealkylation sites (N-methyl/N-ethyl adjacent to an activating group) is 1. The molecule has 1 aromatic rings. The fraction of sp³-hybridized carbons (Fsp3) is 0.467. The quantitative estimate of drug-likeness (QED) is 0.869. The molecule has 0 spiro atoms. The summed E-state index contributed by atoms with van der Waals surface area (Å²) in [5.74, 6) is -0.436. The lowest BCUT2D eigenvalue weighted by atomic mass is 9.97. The van der Waals surface area contributed by atoms with Crippen molar-refractivity contribution >= 4 is 11.8 Å². The maximum absolute atomic E-state index is 12.6. The highest BCUT2D eigenvalue weighted by molar-refractivity contribution is 5.89. The first-order valence-corrected chi connectivity index (χ1v) is 6.91. The topological polar surface area (TPSA) is 66.6 Å². The average molecular weight is 275 g/mol. The molecule has 0 aliphatic carbocycles. The standard InChI is InChI=1S/C15H21N3O2/c1-17-8-5-9-18(11-14(17)19)15(20)13(10-16)12-6-3-2-4-7-12/h2-4,6-7,13H,5,8-11,16H2,1H3. The second kappa shape index (κ2) is 6.52. The van der Waals surface area contributed by atoms with E-state index in [4.69, 9.17) is 5.73 Å². The lowest BCUT2D eigenvalue weighted by Gasteiger charge is -2.25. The Morgan fingerprint density at radius 1 is 1.30 bits per heavy atom. The van der Waals surface area contributed by atoms with E-state index in [0.29, 0.717) is 13.1 Å². The van der Waals surface area contributed by atoms with Gasteiger partial charge in [0.25, 0.3) is 0 Å². The maximum Gasteiger partial charge on any atom is 0.241 e. The molecule has 2 N–H and O–H groups in total. The Morgan fingerprint density at radius 2 is 2.00 bits per heavy atom. The molecule has 0 saturated carbocycles. The van der Waals surface area contributed by atoms with Crippen LogP contribution in [0.1, 0.15) is 17.9 Å². The molecular formula is C15H21N3O2. The van der Waals surface area contributed by atoms with Gasteiger partial charge in [0.1, 0.15) is 0 Å². The molecule has 108 valence electrons. The summed E-state index contributed by atoms with van der Waals surface area (Å²) in [6, 6.07) is 9.51. The lowest BCUT2D eigenvalue weighted by Crippen LogP contribution is -2.42. The van der Waals surface area contributed by atoms with Crippen LogP contribution in [0.3, 0.4) is 0 Å². The normalized spacial score (nSPS) is 17.8. The average Bonchev–Trinajstić information content (AvgIpc) is 2.63. The summed E-state index contributed by atoms with van der Waals surface area (Å²) in [6.45, 7) is 1.71. The lowest BCUT2D eigenvalue weighted by molar-refractivity contribution is -0.138. The van der Waals surface area contributed by atoms with Crippen LogP contribution in [-0.4, -0.2) is 54.8 Å². The van der Waals surface area contributed by atoms with Crippen LogP contribution in [0.4, 0.5) is 0 Å². The van der Waals surface area contributed by atoms with Crippen molar-refractivity contribution in [3.05, 3.63) is 35.9 Å². The van der Waals surface area contributed by atoms with E-state index in [1.54, 1.807) is 16.8 Å². The molecule has 0 radical (unpaired) electrons. The molecule has 20 heavy (non-hydrogen) atoms. The van der Waals surface area contributed by atoms with Crippen molar-refractivity contribution in [2.45, 2.75) is 12.3 Å². The van der Waals surface area contributed by atoms with E-state index in [1.807, 2.05) is 30.3 Å². The summed E-state index contributed by atoms with van der Waals surface area (Å²) in [5, 5.41) is 0. The van der Waals surface area contributed by atoms with Gasteiger partial charge in [-0.1, -0.05) is 30.3 Å². The Bertz CT molecular complexity index is 475. The molecule has 0 bridgehead atoms. The number of rotatable bonds is 3. The van der Waals surface area contributed by atoms with Gasteiger partial charge in [0, 0.05) is 26.7 Å². The fourth-order valence-electron chi connectivity index (χ4n) is 2.46. The Morgan fingerprint density at radius 3 is 2.65 bits per heavy atom. The summed E-state index contributed by atoms with van der Waals surface area (Å²) in [4.78, 5) is 27.8. The summed E-state index contributed by atoms with van der Waals surface area (Å²) in [6.07, 6.45) is 0.806. The zero-order valence-corrected chi connectivity index (χ0v) is 11.8. The smallest absolute Gasteiger partial charge is 0.241 e. The largest absolute Gasteiger partial charge is 0.344 e. The van der Waals surface area contributed by atoms with E-state index in [9.17, 15) is 9.59 Å². The van der Waals surface area contributed by atoms with E-state index in [2.05, 4.69) is 0 Å². The minimum atomic E-state index is -0.368. The maximum atomic E-state index is 12.6. The molecule has 1 saturated heterocycles. The number of hydrogen-bond acceptors (Lipinski definition) is 3. The summed E-state index contributed by atoms with van der Waals surface area (Å²) in [5.41, 5.74) is 6.68. The highest BCUT2D eigenvalue weighted by Gasteiger charge is 2.28. The first kappa shape index (κ1) is 14.5. The van der Waals surface area contributed by atoms with Gasteiger partial charge in [-0.05, 0) is 12.0 Å². The Hall–Kier alpha value is -1.88. The van der Waals surface area contributed by atoms with Gasteiger partial charge in [0.2, 0.25) is 11.8 Å². The van der Waals surface area contributed by atoms with E-state index in [0.717, 1.165) is 12.0 Å². The van der Waals surface area contributed by atoms with Crippen molar-refractivity contribution in [1.29, 1.82) is 0 Å². The molecule has 1 atom stereocenters. The Balaban J connectivity index is 2.14. The van der Waals surface area contributed by atoms with Crippen LogP contribution in [0.25, 0.3) is 0 Å². The number of carbonyl (C=O) groups is 2. The van der Waals surface area contributed by atoms with Crippen LogP contribution >= 0.6 is 0 Å². The van der Waals surface area contributed by atoms with Gasteiger partial charge in [-0.2, -0.15) is 0 Å². The number of hydrogen-bond donors (Lipinski definition) is 1. The molecule has 0 aromatic heterocycles. The van der Waals surface area contributed by atoms with Gasteiger partial charge in [0.15, 0.2) is 0 Å². The molecule has 5 heteroatoms. The molecule has 1 aliphatic rings.